The van der Waals surface area contributed by atoms with Gasteiger partial charge in [-0.15, -0.1) is 0 Å². The molecule has 5 nitrogen and oxygen atoms in total. The zero-order chi connectivity index (χ0) is 15.4. The number of hydrogen-bond donors (Lipinski definition) is 1. The van der Waals surface area contributed by atoms with Crippen LogP contribution >= 0.6 is 0 Å². The topological polar surface area (TPSA) is 56.7 Å². The van der Waals surface area contributed by atoms with Crippen LogP contribution in [-0.4, -0.2) is 54.2 Å². The maximum Gasteiger partial charge on any atom is 0.328 e. The van der Waals surface area contributed by atoms with Crippen molar-refractivity contribution in [1.82, 2.24) is 9.88 Å². The molecule has 1 aliphatic rings. The average molecular weight is 289 g/mol. The molecule has 0 bridgehead atoms. The minimum Gasteiger partial charge on any atom is -0.478 e. The molecule has 1 saturated heterocycles. The first-order valence-electron chi connectivity index (χ1n) is 7.26. The maximum absolute atomic E-state index is 10.5. The number of anilines is 1. The summed E-state index contributed by atoms with van der Waals surface area (Å²) in [7, 11) is 4.25. The van der Waals surface area contributed by atoms with Crippen molar-refractivity contribution < 1.29 is 9.90 Å². The molecule has 2 heterocycles. The van der Waals surface area contributed by atoms with Gasteiger partial charge in [-0.3, -0.25) is 0 Å². The predicted molar refractivity (Wildman–Crippen MR) is 84.6 cm³/mol. The Labute approximate surface area is 125 Å². The third-order valence-electron chi connectivity index (χ3n) is 4.06. The van der Waals surface area contributed by atoms with Crippen molar-refractivity contribution in [3.8, 4) is 0 Å². The van der Waals surface area contributed by atoms with Gasteiger partial charge in [-0.05, 0) is 63.2 Å². The number of nitrogens with zero attached hydrogens (tertiary/aromatic N) is 3. The van der Waals surface area contributed by atoms with Crippen LogP contribution in [0.15, 0.2) is 18.3 Å². The van der Waals surface area contributed by atoms with E-state index in [1.54, 1.807) is 12.3 Å². The first kappa shape index (κ1) is 15.5. The van der Waals surface area contributed by atoms with E-state index in [4.69, 9.17) is 5.11 Å². The summed E-state index contributed by atoms with van der Waals surface area (Å²) in [5.41, 5.74) is 1.89. The lowest BCUT2D eigenvalue weighted by Gasteiger charge is -2.36. The highest BCUT2D eigenvalue weighted by Gasteiger charge is 2.22. The molecule has 0 spiro atoms. The monoisotopic (exact) mass is 289 g/mol. The van der Waals surface area contributed by atoms with Gasteiger partial charge in [0.2, 0.25) is 0 Å². The second-order valence-electron chi connectivity index (χ2n) is 5.73. The Bertz CT molecular complexity index is 534. The number of pyridine rings is 1. The summed E-state index contributed by atoms with van der Waals surface area (Å²) in [5.74, 6) is 0.0391. The molecule has 1 aromatic rings. The van der Waals surface area contributed by atoms with Crippen LogP contribution in [0.4, 0.5) is 5.82 Å². The fourth-order valence-electron chi connectivity index (χ4n) is 2.77. The first-order valence-corrected chi connectivity index (χ1v) is 7.26. The van der Waals surface area contributed by atoms with Crippen LogP contribution in [0.5, 0.6) is 0 Å². The van der Waals surface area contributed by atoms with E-state index in [9.17, 15) is 4.79 Å². The molecule has 0 aliphatic carbocycles. The quantitative estimate of drug-likeness (QED) is 0.859. The molecule has 0 aromatic carbocycles. The Kier molecular flexibility index (Phi) is 4.96. The molecule has 0 unspecified atom stereocenters. The summed E-state index contributed by atoms with van der Waals surface area (Å²) < 4.78 is 0. The van der Waals surface area contributed by atoms with Gasteiger partial charge in [0.25, 0.3) is 0 Å². The molecule has 1 N–H and O–H groups in total. The van der Waals surface area contributed by atoms with Crippen LogP contribution in [0.2, 0.25) is 0 Å². The van der Waals surface area contributed by atoms with E-state index in [0.29, 0.717) is 6.04 Å². The number of aromatic nitrogens is 1. The van der Waals surface area contributed by atoms with Crippen molar-refractivity contribution in [2.24, 2.45) is 0 Å². The van der Waals surface area contributed by atoms with Gasteiger partial charge in [0.15, 0.2) is 0 Å². The second-order valence-corrected chi connectivity index (χ2v) is 5.73. The van der Waals surface area contributed by atoms with Crippen molar-refractivity contribution >= 4 is 17.9 Å². The number of aryl methyl sites for hydroxylation is 1. The lowest BCUT2D eigenvalue weighted by atomic mass is 10.0. The molecule has 1 fully saturated rings. The maximum atomic E-state index is 10.5. The van der Waals surface area contributed by atoms with E-state index in [1.165, 1.54) is 0 Å². The average Bonchev–Trinajstić information content (AvgIpc) is 2.45. The number of carboxylic acids is 1. The highest BCUT2D eigenvalue weighted by atomic mass is 16.4. The smallest absolute Gasteiger partial charge is 0.328 e. The van der Waals surface area contributed by atoms with E-state index in [1.807, 2.05) is 13.0 Å². The molecule has 2 rings (SSSR count). The standard InChI is InChI=1S/C16H23N3O2/c1-12-10-13(4-5-15(20)21)11-17-16(12)19(3)14-6-8-18(2)9-7-14/h4-5,10-11,14H,6-9H2,1-3H3,(H,20,21)/b5-4+. The van der Waals surface area contributed by atoms with E-state index in [2.05, 4.69) is 28.9 Å². The van der Waals surface area contributed by atoms with Gasteiger partial charge in [0, 0.05) is 25.4 Å². The van der Waals surface area contributed by atoms with Crippen molar-refractivity contribution in [2.45, 2.75) is 25.8 Å². The van der Waals surface area contributed by atoms with Gasteiger partial charge < -0.3 is 14.9 Å². The molecule has 114 valence electrons. The lowest BCUT2D eigenvalue weighted by molar-refractivity contribution is -0.131. The second kappa shape index (κ2) is 6.72. The molecule has 1 aliphatic heterocycles. The molecule has 1 aromatic heterocycles. The SMILES string of the molecule is Cc1cc(/C=C/C(=O)O)cnc1N(C)C1CCN(C)CC1. The number of carbonyl (C=O) groups is 1. The first-order chi connectivity index (χ1) is 9.97. The lowest BCUT2D eigenvalue weighted by Crippen LogP contribution is -2.42. The molecular weight excluding hydrogens is 266 g/mol. The van der Waals surface area contributed by atoms with Gasteiger partial charge in [-0.1, -0.05) is 0 Å². The zero-order valence-corrected chi connectivity index (χ0v) is 12.9. The third kappa shape index (κ3) is 4.04. The number of rotatable bonds is 4. The minimum atomic E-state index is -0.944. The zero-order valence-electron chi connectivity index (χ0n) is 12.9. The van der Waals surface area contributed by atoms with E-state index in [0.717, 1.165) is 49.0 Å². The summed E-state index contributed by atoms with van der Waals surface area (Å²) in [4.78, 5) is 19.7. The van der Waals surface area contributed by atoms with E-state index in [-0.39, 0.29) is 0 Å². The van der Waals surface area contributed by atoms with Gasteiger partial charge in [0.1, 0.15) is 5.82 Å². The normalized spacial score (nSPS) is 17.3. The van der Waals surface area contributed by atoms with Crippen LogP contribution in [0.1, 0.15) is 24.0 Å². The number of hydrogen-bond acceptors (Lipinski definition) is 4. The summed E-state index contributed by atoms with van der Waals surface area (Å²) in [5, 5.41) is 8.66. The highest BCUT2D eigenvalue weighted by molar-refractivity contribution is 5.85. The van der Waals surface area contributed by atoms with Gasteiger partial charge in [-0.25, -0.2) is 9.78 Å². The van der Waals surface area contributed by atoms with Gasteiger partial charge in [0.05, 0.1) is 0 Å². The fraction of sp³-hybridized carbons (Fsp3) is 0.500. The summed E-state index contributed by atoms with van der Waals surface area (Å²) in [6.07, 6.45) is 6.73. The Morgan fingerprint density at radius 2 is 2.14 bits per heavy atom. The van der Waals surface area contributed by atoms with Crippen molar-refractivity contribution in [1.29, 1.82) is 0 Å². The number of piperidine rings is 1. The van der Waals surface area contributed by atoms with Crippen molar-refractivity contribution in [3.63, 3.8) is 0 Å². The van der Waals surface area contributed by atoms with E-state index >= 15 is 0 Å². The molecule has 0 saturated carbocycles. The Morgan fingerprint density at radius 3 is 2.71 bits per heavy atom. The molecule has 0 amide bonds. The van der Waals surface area contributed by atoms with Gasteiger partial charge in [-0.2, -0.15) is 0 Å². The van der Waals surface area contributed by atoms with Gasteiger partial charge >= 0.3 is 5.97 Å². The summed E-state index contributed by atoms with van der Waals surface area (Å²) in [6, 6.07) is 2.50. The molecule has 0 radical (unpaired) electrons. The van der Waals surface area contributed by atoms with Crippen LogP contribution in [0.3, 0.4) is 0 Å². The summed E-state index contributed by atoms with van der Waals surface area (Å²) in [6.45, 7) is 4.26. The van der Waals surface area contributed by atoms with Crippen molar-refractivity contribution in [2.75, 3.05) is 32.1 Å². The number of aliphatic carboxylic acids is 1. The minimum absolute atomic E-state index is 0.521. The molecule has 21 heavy (non-hydrogen) atoms. The molecule has 0 atom stereocenters. The Morgan fingerprint density at radius 1 is 1.48 bits per heavy atom. The van der Waals surface area contributed by atoms with Crippen molar-refractivity contribution in [3.05, 3.63) is 29.5 Å². The number of carboxylic acid groups (broad SMARTS) is 1. The van der Waals surface area contributed by atoms with Crippen LogP contribution in [0.25, 0.3) is 6.08 Å². The largest absolute Gasteiger partial charge is 0.478 e. The Hall–Kier alpha value is -1.88. The fourth-order valence-corrected chi connectivity index (χ4v) is 2.77. The van der Waals surface area contributed by atoms with Crippen LogP contribution in [-0.2, 0) is 4.79 Å². The summed E-state index contributed by atoms with van der Waals surface area (Å²) >= 11 is 0. The van der Waals surface area contributed by atoms with E-state index < -0.39 is 5.97 Å². The Balaban J connectivity index is 2.11. The highest BCUT2D eigenvalue weighted by Crippen LogP contribution is 2.23. The molecular formula is C16H23N3O2. The third-order valence-corrected chi connectivity index (χ3v) is 4.06. The van der Waals surface area contributed by atoms with Crippen LogP contribution < -0.4 is 4.90 Å². The van der Waals surface area contributed by atoms with Crippen LogP contribution in [0, 0.1) is 6.92 Å². The predicted octanol–water partition coefficient (Wildman–Crippen LogP) is 2.02. The molecule has 5 heteroatoms. The number of likely N-dealkylation sites (tertiary alicyclic amines) is 1.